The molecule has 31 heavy (non-hydrogen) atoms. The van der Waals surface area contributed by atoms with Crippen molar-refractivity contribution in [1.29, 1.82) is 0 Å². The average Bonchev–Trinajstić information content (AvgIpc) is 3.11. The molecule has 0 saturated heterocycles. The van der Waals surface area contributed by atoms with Gasteiger partial charge in [-0.2, -0.15) is 0 Å². The van der Waals surface area contributed by atoms with E-state index in [9.17, 15) is 9.00 Å². The molecule has 7 heteroatoms. The molecule has 6 nitrogen and oxygen atoms in total. The van der Waals surface area contributed by atoms with Gasteiger partial charge < -0.3 is 14.6 Å². The number of benzene rings is 2. The molecule has 0 fully saturated rings. The molecule has 0 aliphatic heterocycles. The van der Waals surface area contributed by atoms with Gasteiger partial charge in [-0.3, -0.25) is 9.00 Å². The molecule has 1 heterocycles. The highest BCUT2D eigenvalue weighted by Gasteiger charge is 2.16. The maximum atomic E-state index is 12.5. The monoisotopic (exact) mass is 439 g/mol. The van der Waals surface area contributed by atoms with Crippen LogP contribution < -0.4 is 10.2 Å². The van der Waals surface area contributed by atoms with Crippen molar-refractivity contribution in [3.05, 3.63) is 71.6 Å². The lowest BCUT2D eigenvalue weighted by molar-refractivity contribution is -0.118. The van der Waals surface area contributed by atoms with E-state index in [4.69, 9.17) is 4.42 Å². The molecule has 3 aromatic rings. The van der Waals surface area contributed by atoms with Gasteiger partial charge >= 0.3 is 0 Å². The first-order chi connectivity index (χ1) is 14.9. The average molecular weight is 440 g/mol. The zero-order chi connectivity index (χ0) is 22.2. The van der Waals surface area contributed by atoms with Gasteiger partial charge in [0.2, 0.25) is 11.8 Å². The van der Waals surface area contributed by atoms with E-state index in [1.54, 1.807) is 0 Å². The van der Waals surface area contributed by atoms with Crippen molar-refractivity contribution in [3.8, 4) is 11.5 Å². The molecule has 1 amide bonds. The third-order valence-electron chi connectivity index (χ3n) is 5.05. The van der Waals surface area contributed by atoms with E-state index in [0.29, 0.717) is 23.9 Å². The van der Waals surface area contributed by atoms with Crippen LogP contribution in [0.25, 0.3) is 11.5 Å². The molecule has 0 radical (unpaired) electrons. The Morgan fingerprint density at radius 2 is 1.81 bits per heavy atom. The van der Waals surface area contributed by atoms with E-state index in [1.165, 1.54) is 0 Å². The third kappa shape index (κ3) is 6.52. The van der Waals surface area contributed by atoms with Gasteiger partial charge in [-0.1, -0.05) is 36.4 Å². The summed E-state index contributed by atoms with van der Waals surface area (Å²) >= 11 is 0. The van der Waals surface area contributed by atoms with E-state index in [-0.39, 0.29) is 17.4 Å². The van der Waals surface area contributed by atoms with Crippen molar-refractivity contribution in [2.75, 3.05) is 30.8 Å². The van der Waals surface area contributed by atoms with Gasteiger partial charge in [0, 0.05) is 42.2 Å². The van der Waals surface area contributed by atoms with Crippen molar-refractivity contribution in [3.63, 3.8) is 0 Å². The highest BCUT2D eigenvalue weighted by Crippen LogP contribution is 2.25. The number of carbonyl (C=O) groups is 1. The minimum Gasteiger partial charge on any atom is -0.441 e. The number of nitrogens with one attached hydrogen (secondary N) is 1. The van der Waals surface area contributed by atoms with E-state index >= 15 is 0 Å². The molecule has 0 aliphatic carbocycles. The fraction of sp³-hybridized carbons (Fsp3) is 0.333. The minimum atomic E-state index is -1.35. The molecule has 0 unspecified atom stereocenters. The summed E-state index contributed by atoms with van der Waals surface area (Å²) in [5.74, 6) is 1.11. The second-order valence-electron chi connectivity index (χ2n) is 7.53. The Hall–Kier alpha value is -2.93. The topological polar surface area (TPSA) is 75.4 Å². The van der Waals surface area contributed by atoms with Crippen molar-refractivity contribution in [1.82, 2.24) is 10.3 Å². The van der Waals surface area contributed by atoms with E-state index in [2.05, 4.69) is 27.3 Å². The highest BCUT2D eigenvalue weighted by molar-refractivity contribution is 7.84. The summed E-state index contributed by atoms with van der Waals surface area (Å²) in [5.41, 5.74) is 3.76. The summed E-state index contributed by atoms with van der Waals surface area (Å²) in [6, 6.07) is 17.9. The Labute approximate surface area is 186 Å². The van der Waals surface area contributed by atoms with Gasteiger partial charge in [0.1, 0.15) is 11.5 Å². The number of hydrogen-bond acceptors (Lipinski definition) is 5. The molecular formula is C24H29N3O3S. The van der Waals surface area contributed by atoms with Crippen molar-refractivity contribution < 1.29 is 13.4 Å². The second-order valence-corrected chi connectivity index (χ2v) is 8.98. The summed E-state index contributed by atoms with van der Waals surface area (Å²) in [5, 5.41) is 2.86. The number of nitrogens with zero attached hydrogens (tertiary/aromatic N) is 2. The largest absolute Gasteiger partial charge is 0.441 e. The van der Waals surface area contributed by atoms with Gasteiger partial charge in [-0.15, -0.1) is 0 Å². The van der Waals surface area contributed by atoms with Crippen molar-refractivity contribution in [2.24, 2.45) is 0 Å². The van der Waals surface area contributed by atoms with E-state index in [0.717, 1.165) is 29.8 Å². The molecule has 0 saturated carbocycles. The summed E-state index contributed by atoms with van der Waals surface area (Å²) in [6.45, 7) is 5.18. The van der Waals surface area contributed by atoms with Crippen LogP contribution in [0.4, 0.5) is 5.69 Å². The molecule has 0 spiro atoms. The number of carbonyl (C=O) groups excluding carboxylic acids is 1. The van der Waals surface area contributed by atoms with Gasteiger partial charge in [0.25, 0.3) is 0 Å². The van der Waals surface area contributed by atoms with Crippen LogP contribution in [0.3, 0.4) is 0 Å². The van der Waals surface area contributed by atoms with Crippen LogP contribution in [-0.2, 0) is 21.3 Å². The second kappa shape index (κ2) is 10.9. The molecule has 2 aromatic carbocycles. The molecule has 1 aromatic heterocycles. The number of amides is 1. The molecule has 3 rings (SSSR count). The van der Waals surface area contributed by atoms with Crippen LogP contribution in [0.2, 0.25) is 0 Å². The van der Waals surface area contributed by atoms with Crippen LogP contribution in [0, 0.1) is 13.8 Å². The van der Waals surface area contributed by atoms with Crippen molar-refractivity contribution in [2.45, 2.75) is 26.0 Å². The van der Waals surface area contributed by atoms with E-state index < -0.39 is 10.8 Å². The summed E-state index contributed by atoms with van der Waals surface area (Å²) in [4.78, 5) is 18.8. The van der Waals surface area contributed by atoms with Gasteiger partial charge in [0.05, 0.1) is 11.4 Å². The highest BCUT2D eigenvalue weighted by atomic mass is 32.2. The van der Waals surface area contributed by atoms with Gasteiger partial charge in [-0.25, -0.2) is 4.98 Å². The Bertz CT molecular complexity index is 1030. The maximum absolute atomic E-state index is 12.5. The summed E-state index contributed by atoms with van der Waals surface area (Å²) in [6.07, 6.45) is 0.811. The Kier molecular flexibility index (Phi) is 8.00. The number of hydrogen-bond donors (Lipinski definition) is 1. The molecular weight excluding hydrogens is 410 g/mol. The van der Waals surface area contributed by atoms with Gasteiger partial charge in [0.15, 0.2) is 0 Å². The fourth-order valence-electron chi connectivity index (χ4n) is 3.25. The summed E-state index contributed by atoms with van der Waals surface area (Å²) < 4.78 is 18.2. The lowest BCUT2D eigenvalue weighted by Crippen LogP contribution is -2.31. The van der Waals surface area contributed by atoms with E-state index in [1.807, 2.05) is 63.4 Å². The van der Waals surface area contributed by atoms with Crippen LogP contribution in [-0.4, -0.2) is 41.0 Å². The lowest BCUT2D eigenvalue weighted by atomic mass is 10.1. The molecule has 1 N–H and O–H groups in total. The van der Waals surface area contributed by atoms with Gasteiger partial charge in [-0.05, 0) is 44.0 Å². The third-order valence-corrected chi connectivity index (χ3v) is 6.23. The number of aryl methyl sites for hydroxylation is 2. The van der Waals surface area contributed by atoms with Crippen molar-refractivity contribution >= 4 is 22.4 Å². The smallest absolute Gasteiger partial charge is 0.232 e. The molecule has 0 bridgehead atoms. The predicted octanol–water partition coefficient (Wildman–Crippen LogP) is 3.85. The number of aromatic nitrogens is 1. The molecule has 0 aliphatic rings. The zero-order valence-corrected chi connectivity index (χ0v) is 19.1. The molecule has 164 valence electrons. The number of anilines is 1. The first kappa shape index (κ1) is 22.7. The predicted molar refractivity (Wildman–Crippen MR) is 125 cm³/mol. The standard InChI is InChI=1S/C24H29N3O3S/c1-18-10-7-8-13-21(18)24-26-22(19(2)30-24)16-31(29)17-23(28)25-14-9-15-27(3)20-11-5-4-6-12-20/h4-8,10-13H,9,14-17H2,1-3H3,(H,25,28)/t31-/m0/s1. The lowest BCUT2D eigenvalue weighted by Gasteiger charge is -2.19. The SMILES string of the molecule is Cc1ccccc1-c1nc(C[S@](=O)CC(=O)NCCCN(C)c2ccccc2)c(C)o1. The quantitative estimate of drug-likeness (QED) is 0.486. The van der Waals surface area contributed by atoms with Crippen LogP contribution in [0.1, 0.15) is 23.4 Å². The number of rotatable bonds is 10. The van der Waals surface area contributed by atoms with Crippen LogP contribution in [0.5, 0.6) is 0 Å². The maximum Gasteiger partial charge on any atom is 0.232 e. The fourth-order valence-corrected chi connectivity index (χ4v) is 4.32. The Morgan fingerprint density at radius 3 is 2.55 bits per heavy atom. The summed E-state index contributed by atoms with van der Waals surface area (Å²) in [7, 11) is 0.677. The molecule has 1 atom stereocenters. The first-order valence-corrected chi connectivity index (χ1v) is 11.8. The Balaban J connectivity index is 1.43. The zero-order valence-electron chi connectivity index (χ0n) is 18.3. The number of oxazole rings is 1. The number of para-hydroxylation sites is 1. The Morgan fingerprint density at radius 1 is 1.10 bits per heavy atom. The van der Waals surface area contributed by atoms with Crippen LogP contribution in [0.15, 0.2) is 59.0 Å². The minimum absolute atomic E-state index is 0.0411. The van der Waals surface area contributed by atoms with Crippen LogP contribution >= 0.6 is 0 Å². The first-order valence-electron chi connectivity index (χ1n) is 10.3. The normalized spacial score (nSPS) is 11.8.